The third kappa shape index (κ3) is 3.76. The molecule has 0 aromatic heterocycles. The summed E-state index contributed by atoms with van der Waals surface area (Å²) in [7, 11) is 0. The van der Waals surface area contributed by atoms with E-state index in [9.17, 15) is 19.2 Å². The molecule has 0 unspecified atom stereocenters. The number of hydrazine groups is 1. The van der Waals surface area contributed by atoms with Crippen molar-refractivity contribution in [3.05, 3.63) is 65.7 Å². The van der Waals surface area contributed by atoms with E-state index in [-0.39, 0.29) is 12.3 Å². The Hall–Kier alpha value is -3.68. The second-order valence-electron chi connectivity index (χ2n) is 7.72. The van der Waals surface area contributed by atoms with Crippen LogP contribution in [0.25, 0.3) is 0 Å². The Balaban J connectivity index is 1.43. The molecule has 2 saturated heterocycles. The summed E-state index contributed by atoms with van der Waals surface area (Å²) >= 11 is 0. The van der Waals surface area contributed by atoms with E-state index in [1.54, 1.807) is 53.4 Å². The van der Waals surface area contributed by atoms with Gasteiger partial charge in [0.15, 0.2) is 0 Å². The van der Waals surface area contributed by atoms with Gasteiger partial charge in [-0.3, -0.25) is 19.8 Å². The van der Waals surface area contributed by atoms with E-state index in [2.05, 4.69) is 10.7 Å². The highest BCUT2D eigenvalue weighted by Gasteiger charge is 2.52. The quantitative estimate of drug-likeness (QED) is 0.700. The number of imide groups is 1. The summed E-state index contributed by atoms with van der Waals surface area (Å²) in [5.74, 6) is -0.891. The van der Waals surface area contributed by atoms with Crippen LogP contribution in [-0.4, -0.2) is 35.3 Å². The normalized spacial score (nSPS) is 20.9. The topological polar surface area (TPSA) is 98.8 Å². The number of nitrogens with one attached hydrogen (secondary N) is 2. The molecule has 2 aromatic rings. The monoisotopic (exact) mass is 420 g/mol. The van der Waals surface area contributed by atoms with Crippen molar-refractivity contribution in [2.75, 3.05) is 11.4 Å². The van der Waals surface area contributed by atoms with Crippen LogP contribution in [0.5, 0.6) is 0 Å². The lowest BCUT2D eigenvalue weighted by atomic mass is 9.87. The summed E-state index contributed by atoms with van der Waals surface area (Å²) in [6.45, 7) is 2.51. The summed E-state index contributed by atoms with van der Waals surface area (Å²) in [6, 6.07) is 15.5. The van der Waals surface area contributed by atoms with Gasteiger partial charge in [0.05, 0.1) is 6.42 Å². The average Bonchev–Trinajstić information content (AvgIpc) is 3.31. The zero-order chi connectivity index (χ0) is 22.0. The molecule has 0 spiro atoms. The Kier molecular flexibility index (Phi) is 5.46. The molecule has 2 aromatic carbocycles. The van der Waals surface area contributed by atoms with Crippen molar-refractivity contribution in [1.82, 2.24) is 15.8 Å². The molecule has 5 amide bonds. The maximum atomic E-state index is 13.1. The summed E-state index contributed by atoms with van der Waals surface area (Å²) in [4.78, 5) is 51.7. The van der Waals surface area contributed by atoms with E-state index in [0.717, 1.165) is 17.1 Å². The van der Waals surface area contributed by atoms with Gasteiger partial charge in [0.2, 0.25) is 11.8 Å². The van der Waals surface area contributed by atoms with Gasteiger partial charge in [-0.15, -0.1) is 0 Å². The van der Waals surface area contributed by atoms with Crippen molar-refractivity contribution in [3.8, 4) is 0 Å². The molecular formula is C23H24N4O4. The molecule has 160 valence electrons. The van der Waals surface area contributed by atoms with E-state index in [1.807, 2.05) is 13.0 Å². The minimum Gasteiger partial charge on any atom is -0.318 e. The Morgan fingerprint density at radius 3 is 2.39 bits per heavy atom. The number of benzene rings is 2. The van der Waals surface area contributed by atoms with Gasteiger partial charge in [-0.1, -0.05) is 49.4 Å². The van der Waals surface area contributed by atoms with Crippen LogP contribution in [0.15, 0.2) is 54.6 Å². The van der Waals surface area contributed by atoms with Gasteiger partial charge in [-0.25, -0.2) is 4.79 Å². The van der Waals surface area contributed by atoms with Crippen LogP contribution in [0.4, 0.5) is 10.5 Å². The van der Waals surface area contributed by atoms with Crippen molar-refractivity contribution in [3.63, 3.8) is 0 Å². The van der Waals surface area contributed by atoms with Crippen LogP contribution in [0.1, 0.15) is 37.3 Å². The fourth-order valence-electron chi connectivity index (χ4n) is 4.10. The van der Waals surface area contributed by atoms with Crippen molar-refractivity contribution in [1.29, 1.82) is 0 Å². The van der Waals surface area contributed by atoms with Crippen LogP contribution in [0, 0.1) is 0 Å². The molecule has 31 heavy (non-hydrogen) atoms. The predicted molar refractivity (Wildman–Crippen MR) is 114 cm³/mol. The first-order valence-corrected chi connectivity index (χ1v) is 10.4. The van der Waals surface area contributed by atoms with E-state index < -0.39 is 23.4 Å². The molecule has 0 bridgehead atoms. The van der Waals surface area contributed by atoms with Gasteiger partial charge < -0.3 is 10.2 Å². The van der Waals surface area contributed by atoms with Crippen LogP contribution in [-0.2, 0) is 26.3 Å². The van der Waals surface area contributed by atoms with Crippen LogP contribution in [0.2, 0.25) is 0 Å². The summed E-state index contributed by atoms with van der Waals surface area (Å²) in [5.41, 5.74) is 3.41. The first-order chi connectivity index (χ1) is 14.9. The SMILES string of the molecule is CC[C@]1(c2ccccc2)NC(=O)N(NC(=O)Cc2ccc(N3CCCC3=O)cc2)C1=O. The minimum atomic E-state index is -1.20. The highest BCUT2D eigenvalue weighted by Crippen LogP contribution is 2.31. The summed E-state index contributed by atoms with van der Waals surface area (Å²) < 4.78 is 0. The summed E-state index contributed by atoms with van der Waals surface area (Å²) in [5, 5.41) is 3.49. The maximum absolute atomic E-state index is 13.1. The first-order valence-electron chi connectivity index (χ1n) is 10.4. The molecular weight excluding hydrogens is 396 g/mol. The van der Waals surface area contributed by atoms with Gasteiger partial charge in [0.1, 0.15) is 5.54 Å². The van der Waals surface area contributed by atoms with Gasteiger partial charge in [-0.05, 0) is 36.1 Å². The Bertz CT molecular complexity index is 1020. The van der Waals surface area contributed by atoms with Gasteiger partial charge in [0, 0.05) is 18.7 Å². The molecule has 4 rings (SSSR count). The van der Waals surface area contributed by atoms with Gasteiger partial charge in [0.25, 0.3) is 5.91 Å². The fraction of sp³-hybridized carbons (Fsp3) is 0.304. The molecule has 0 saturated carbocycles. The number of carbonyl (C=O) groups is 4. The van der Waals surface area contributed by atoms with Crippen molar-refractivity contribution in [2.24, 2.45) is 0 Å². The molecule has 8 nitrogen and oxygen atoms in total. The van der Waals surface area contributed by atoms with Gasteiger partial charge >= 0.3 is 6.03 Å². The lowest BCUT2D eigenvalue weighted by Crippen LogP contribution is -2.49. The zero-order valence-corrected chi connectivity index (χ0v) is 17.3. The number of anilines is 1. The van der Waals surface area contributed by atoms with Crippen LogP contribution >= 0.6 is 0 Å². The lowest BCUT2D eigenvalue weighted by molar-refractivity contribution is -0.139. The molecule has 2 aliphatic heterocycles. The molecule has 0 aliphatic carbocycles. The second kappa shape index (κ2) is 8.22. The number of carbonyl (C=O) groups excluding carboxylic acids is 4. The predicted octanol–water partition coefficient (Wildman–Crippen LogP) is 2.24. The highest BCUT2D eigenvalue weighted by molar-refractivity contribution is 6.08. The van der Waals surface area contributed by atoms with Crippen molar-refractivity contribution < 1.29 is 19.2 Å². The number of rotatable bonds is 6. The largest absolute Gasteiger partial charge is 0.344 e. The molecule has 2 heterocycles. The first kappa shape index (κ1) is 20.6. The van der Waals surface area contributed by atoms with Crippen molar-refractivity contribution >= 4 is 29.4 Å². The molecule has 2 fully saturated rings. The second-order valence-corrected chi connectivity index (χ2v) is 7.72. The number of nitrogens with zero attached hydrogens (tertiary/aromatic N) is 2. The van der Waals surface area contributed by atoms with Crippen molar-refractivity contribution in [2.45, 2.75) is 38.1 Å². The molecule has 8 heteroatoms. The van der Waals surface area contributed by atoms with Gasteiger partial charge in [-0.2, -0.15) is 5.01 Å². The third-order valence-corrected chi connectivity index (χ3v) is 5.81. The molecule has 1 atom stereocenters. The smallest absolute Gasteiger partial charge is 0.318 e. The number of amides is 5. The standard InChI is InChI=1S/C23H24N4O4/c1-2-23(17-7-4-3-5-8-17)21(30)27(22(31)24-23)25-19(28)15-16-10-12-18(13-11-16)26-14-6-9-20(26)29/h3-5,7-8,10-13H,2,6,9,14-15H2,1H3,(H,24,31)(H,25,28)/t23-/m1/s1. The lowest BCUT2D eigenvalue weighted by Gasteiger charge is -2.25. The highest BCUT2D eigenvalue weighted by atomic mass is 16.2. The van der Waals surface area contributed by atoms with E-state index in [0.29, 0.717) is 30.5 Å². The Labute approximate surface area is 180 Å². The fourth-order valence-corrected chi connectivity index (χ4v) is 4.10. The van der Waals surface area contributed by atoms with E-state index in [1.165, 1.54) is 0 Å². The molecule has 2 N–H and O–H groups in total. The average molecular weight is 420 g/mol. The van der Waals surface area contributed by atoms with Crippen LogP contribution in [0.3, 0.4) is 0 Å². The maximum Gasteiger partial charge on any atom is 0.344 e. The van der Waals surface area contributed by atoms with Crippen LogP contribution < -0.4 is 15.6 Å². The van der Waals surface area contributed by atoms with E-state index in [4.69, 9.17) is 0 Å². The summed E-state index contributed by atoms with van der Waals surface area (Å²) in [6.07, 6.45) is 1.75. The zero-order valence-electron chi connectivity index (χ0n) is 17.3. The Morgan fingerprint density at radius 1 is 1.06 bits per heavy atom. The molecule has 0 radical (unpaired) electrons. The Morgan fingerprint density at radius 2 is 1.77 bits per heavy atom. The van der Waals surface area contributed by atoms with E-state index >= 15 is 0 Å². The minimum absolute atomic E-state index is 0.00422. The number of hydrogen-bond donors (Lipinski definition) is 2. The molecule has 2 aliphatic rings. The third-order valence-electron chi connectivity index (χ3n) is 5.81. The number of urea groups is 1. The number of hydrogen-bond acceptors (Lipinski definition) is 4.